The lowest BCUT2D eigenvalue weighted by Crippen LogP contribution is -2.17. The molecule has 0 radical (unpaired) electrons. The summed E-state index contributed by atoms with van der Waals surface area (Å²) in [5.74, 6) is 1.31. The van der Waals surface area contributed by atoms with Gasteiger partial charge in [0, 0.05) is 21.8 Å². The average molecular weight is 311 g/mol. The SMILES string of the molecule is CC(O)CCSc1cc(C(C)(C)C)c(O)c(C(C)(C)C)c1. The number of hydrogen-bond donors (Lipinski definition) is 2. The summed E-state index contributed by atoms with van der Waals surface area (Å²) < 4.78 is 0. The van der Waals surface area contributed by atoms with Crippen LogP contribution in [0.3, 0.4) is 0 Å². The molecule has 21 heavy (non-hydrogen) atoms. The standard InChI is InChI=1S/C18H30O2S/c1-12(19)8-9-21-13-10-14(17(2,3)4)16(20)15(11-13)18(5,6)7/h10-12,19-20H,8-9H2,1-7H3. The van der Waals surface area contributed by atoms with Crippen LogP contribution >= 0.6 is 11.8 Å². The topological polar surface area (TPSA) is 40.5 Å². The molecule has 0 heterocycles. The van der Waals surface area contributed by atoms with E-state index in [4.69, 9.17) is 0 Å². The van der Waals surface area contributed by atoms with Gasteiger partial charge in [-0.25, -0.2) is 0 Å². The van der Waals surface area contributed by atoms with E-state index in [2.05, 4.69) is 53.7 Å². The third kappa shape index (κ3) is 5.23. The molecule has 0 aliphatic heterocycles. The summed E-state index contributed by atoms with van der Waals surface area (Å²) in [6.07, 6.45) is 0.514. The van der Waals surface area contributed by atoms with E-state index in [1.807, 2.05) is 6.92 Å². The van der Waals surface area contributed by atoms with E-state index in [0.717, 1.165) is 23.3 Å². The van der Waals surface area contributed by atoms with Gasteiger partial charge in [0.15, 0.2) is 0 Å². The largest absolute Gasteiger partial charge is 0.507 e. The van der Waals surface area contributed by atoms with E-state index in [1.54, 1.807) is 11.8 Å². The van der Waals surface area contributed by atoms with Crippen LogP contribution in [0, 0.1) is 0 Å². The Morgan fingerprint density at radius 1 is 1.00 bits per heavy atom. The Bertz CT molecular complexity index is 444. The van der Waals surface area contributed by atoms with Crippen molar-refractivity contribution < 1.29 is 10.2 Å². The van der Waals surface area contributed by atoms with Gasteiger partial charge in [-0.3, -0.25) is 0 Å². The molecule has 0 amide bonds. The first-order chi connectivity index (χ1) is 9.43. The van der Waals surface area contributed by atoms with E-state index < -0.39 is 0 Å². The van der Waals surface area contributed by atoms with Crippen molar-refractivity contribution >= 4 is 11.8 Å². The number of aliphatic hydroxyl groups is 1. The van der Waals surface area contributed by atoms with Crippen molar-refractivity contribution in [1.82, 2.24) is 0 Å². The summed E-state index contributed by atoms with van der Waals surface area (Å²) in [6.45, 7) is 14.6. The molecule has 0 fully saturated rings. The zero-order chi connectivity index (χ0) is 16.4. The minimum Gasteiger partial charge on any atom is -0.507 e. The number of aromatic hydroxyl groups is 1. The van der Waals surface area contributed by atoms with Gasteiger partial charge in [0.05, 0.1) is 6.10 Å². The van der Waals surface area contributed by atoms with Crippen LogP contribution in [-0.4, -0.2) is 22.1 Å². The predicted molar refractivity (Wildman–Crippen MR) is 92.5 cm³/mol. The van der Waals surface area contributed by atoms with E-state index in [0.29, 0.717) is 5.75 Å². The fourth-order valence-electron chi connectivity index (χ4n) is 2.18. The van der Waals surface area contributed by atoms with Gasteiger partial charge in [-0.2, -0.15) is 0 Å². The minimum atomic E-state index is -0.265. The van der Waals surface area contributed by atoms with Crippen LogP contribution < -0.4 is 0 Å². The first-order valence-corrected chi connectivity index (χ1v) is 8.60. The van der Waals surface area contributed by atoms with Gasteiger partial charge in [-0.15, -0.1) is 11.8 Å². The second kappa shape index (κ2) is 6.62. The van der Waals surface area contributed by atoms with Crippen LogP contribution in [0.2, 0.25) is 0 Å². The van der Waals surface area contributed by atoms with Gasteiger partial charge in [-0.05, 0) is 36.3 Å². The van der Waals surface area contributed by atoms with Crippen molar-refractivity contribution in [3.63, 3.8) is 0 Å². The van der Waals surface area contributed by atoms with Crippen LogP contribution in [0.5, 0.6) is 5.75 Å². The summed E-state index contributed by atoms with van der Waals surface area (Å²) in [5.41, 5.74) is 1.81. The Balaban J connectivity index is 3.21. The van der Waals surface area contributed by atoms with Crippen molar-refractivity contribution in [2.24, 2.45) is 0 Å². The molecule has 0 aromatic heterocycles. The number of aliphatic hydroxyl groups excluding tert-OH is 1. The average Bonchev–Trinajstić information content (AvgIpc) is 2.27. The zero-order valence-corrected chi connectivity index (χ0v) is 15.3. The van der Waals surface area contributed by atoms with Crippen molar-refractivity contribution in [2.45, 2.75) is 76.7 Å². The number of hydrogen-bond acceptors (Lipinski definition) is 3. The van der Waals surface area contributed by atoms with E-state index in [9.17, 15) is 10.2 Å². The Morgan fingerprint density at radius 3 is 1.76 bits per heavy atom. The molecule has 1 atom stereocenters. The Labute approximate surface area is 134 Å². The number of phenols is 1. The van der Waals surface area contributed by atoms with Gasteiger partial charge < -0.3 is 10.2 Å². The van der Waals surface area contributed by atoms with Gasteiger partial charge >= 0.3 is 0 Å². The highest BCUT2D eigenvalue weighted by Gasteiger charge is 2.26. The van der Waals surface area contributed by atoms with Gasteiger partial charge in [0.1, 0.15) is 5.75 Å². The smallest absolute Gasteiger partial charge is 0.123 e. The van der Waals surface area contributed by atoms with Gasteiger partial charge in [0.2, 0.25) is 0 Å². The second-order valence-electron chi connectivity index (χ2n) is 7.85. The van der Waals surface area contributed by atoms with Crippen molar-refractivity contribution in [2.75, 3.05) is 5.75 Å². The van der Waals surface area contributed by atoms with E-state index in [1.165, 1.54) is 4.90 Å². The van der Waals surface area contributed by atoms with Crippen LogP contribution in [0.1, 0.15) is 66.0 Å². The second-order valence-corrected chi connectivity index (χ2v) is 9.02. The lowest BCUT2D eigenvalue weighted by molar-refractivity contribution is 0.192. The molecule has 0 bridgehead atoms. The van der Waals surface area contributed by atoms with E-state index in [-0.39, 0.29) is 16.9 Å². The summed E-state index contributed by atoms with van der Waals surface area (Å²) in [6, 6.07) is 4.19. The molecule has 0 aliphatic carbocycles. The quantitative estimate of drug-likeness (QED) is 0.781. The molecule has 0 aliphatic rings. The fourth-order valence-corrected chi connectivity index (χ4v) is 3.28. The maximum atomic E-state index is 10.6. The third-order valence-electron chi connectivity index (χ3n) is 3.50. The molecule has 0 saturated heterocycles. The molecule has 1 rings (SSSR count). The summed E-state index contributed by atoms with van der Waals surface area (Å²) >= 11 is 1.75. The zero-order valence-electron chi connectivity index (χ0n) is 14.4. The monoisotopic (exact) mass is 310 g/mol. The molecular weight excluding hydrogens is 280 g/mol. The van der Waals surface area contributed by atoms with Crippen LogP contribution in [0.15, 0.2) is 17.0 Å². The number of phenolic OH excluding ortho intramolecular Hbond substituents is 1. The molecule has 1 unspecified atom stereocenters. The lowest BCUT2D eigenvalue weighted by Gasteiger charge is -2.28. The van der Waals surface area contributed by atoms with E-state index >= 15 is 0 Å². The van der Waals surface area contributed by atoms with Crippen molar-refractivity contribution in [3.8, 4) is 5.75 Å². The predicted octanol–water partition coefficient (Wildman–Crippen LogP) is 4.85. The first-order valence-electron chi connectivity index (χ1n) is 7.61. The Morgan fingerprint density at radius 2 is 1.43 bits per heavy atom. The third-order valence-corrected chi connectivity index (χ3v) is 4.51. The highest BCUT2D eigenvalue weighted by Crippen LogP contribution is 2.41. The first kappa shape index (κ1) is 18.4. The molecule has 0 spiro atoms. The van der Waals surface area contributed by atoms with Crippen molar-refractivity contribution in [3.05, 3.63) is 23.3 Å². The molecule has 1 aromatic carbocycles. The van der Waals surface area contributed by atoms with Crippen LogP contribution in [0.25, 0.3) is 0 Å². The lowest BCUT2D eigenvalue weighted by atomic mass is 9.79. The maximum absolute atomic E-state index is 10.6. The highest BCUT2D eigenvalue weighted by molar-refractivity contribution is 7.99. The molecule has 2 nitrogen and oxygen atoms in total. The van der Waals surface area contributed by atoms with Crippen LogP contribution in [0.4, 0.5) is 0 Å². The number of benzene rings is 1. The van der Waals surface area contributed by atoms with Gasteiger partial charge in [0.25, 0.3) is 0 Å². The molecule has 0 saturated carbocycles. The van der Waals surface area contributed by atoms with Gasteiger partial charge in [-0.1, -0.05) is 41.5 Å². The van der Waals surface area contributed by atoms with Crippen LogP contribution in [-0.2, 0) is 10.8 Å². The van der Waals surface area contributed by atoms with Crippen molar-refractivity contribution in [1.29, 1.82) is 0 Å². The number of thioether (sulfide) groups is 1. The molecule has 2 N–H and O–H groups in total. The Hall–Kier alpha value is -0.670. The molecule has 1 aromatic rings. The minimum absolute atomic E-state index is 0.0923. The fraction of sp³-hybridized carbons (Fsp3) is 0.667. The maximum Gasteiger partial charge on any atom is 0.123 e. The highest BCUT2D eigenvalue weighted by atomic mass is 32.2. The molecule has 3 heteroatoms. The Kier molecular flexibility index (Phi) is 5.79. The summed E-state index contributed by atoms with van der Waals surface area (Å²) in [7, 11) is 0. The summed E-state index contributed by atoms with van der Waals surface area (Å²) in [5, 5.41) is 20.0. The normalized spacial score (nSPS) is 14.3. The number of rotatable bonds is 4. The molecular formula is C18H30O2S. The summed E-state index contributed by atoms with van der Waals surface area (Å²) in [4.78, 5) is 1.17. The molecule has 120 valence electrons.